The first-order valence-corrected chi connectivity index (χ1v) is 5.86. The van der Waals surface area contributed by atoms with Gasteiger partial charge in [-0.25, -0.2) is 0 Å². The van der Waals surface area contributed by atoms with E-state index in [1.54, 1.807) is 0 Å². The highest BCUT2D eigenvalue weighted by molar-refractivity contribution is 7.85. The van der Waals surface area contributed by atoms with E-state index in [0.717, 1.165) is 10.5 Å². The van der Waals surface area contributed by atoms with Gasteiger partial charge in [-0.15, -0.1) is 0 Å². The van der Waals surface area contributed by atoms with Crippen LogP contribution in [0.2, 0.25) is 0 Å². The van der Waals surface area contributed by atoms with E-state index in [9.17, 15) is 9.00 Å². The van der Waals surface area contributed by atoms with Crippen LogP contribution in [0.1, 0.15) is 18.9 Å². The smallest absolute Gasteiger partial charge is 0.130 e. The number of carbonyl (C=O) groups excluding carboxylic acids is 1. The van der Waals surface area contributed by atoms with Crippen molar-refractivity contribution in [2.45, 2.75) is 25.2 Å². The van der Waals surface area contributed by atoms with Gasteiger partial charge >= 0.3 is 0 Å². The fraction of sp³-hybridized carbons (Fsp3) is 0.364. The van der Waals surface area contributed by atoms with E-state index in [0.29, 0.717) is 12.2 Å². The van der Waals surface area contributed by atoms with E-state index in [1.165, 1.54) is 6.92 Å². The summed E-state index contributed by atoms with van der Waals surface area (Å²) in [5, 5.41) is 0. The molecule has 0 radical (unpaired) electrons. The van der Waals surface area contributed by atoms with Crippen molar-refractivity contribution >= 4 is 16.6 Å². The standard InChI is InChI=1S/C11H14O2S/c1-9-5-3-4-6-11(9)14(13)8-7-10(2)12/h3-6H,7-8H2,1-2H3. The number of hydrogen-bond acceptors (Lipinski definition) is 2. The fourth-order valence-corrected chi connectivity index (χ4v) is 2.51. The topological polar surface area (TPSA) is 34.1 Å². The Kier molecular flexibility index (Phi) is 4.01. The number of carbonyl (C=O) groups is 1. The second-order valence-corrected chi connectivity index (χ2v) is 4.81. The minimum absolute atomic E-state index is 0.0898. The molecule has 1 atom stereocenters. The van der Waals surface area contributed by atoms with Crippen molar-refractivity contribution in [3.8, 4) is 0 Å². The van der Waals surface area contributed by atoms with Gasteiger partial charge in [-0.1, -0.05) is 18.2 Å². The lowest BCUT2D eigenvalue weighted by Gasteiger charge is -2.03. The summed E-state index contributed by atoms with van der Waals surface area (Å²) in [4.78, 5) is 11.6. The molecule has 0 fully saturated rings. The average Bonchev–Trinajstić information content (AvgIpc) is 2.15. The molecule has 2 nitrogen and oxygen atoms in total. The fourth-order valence-electron chi connectivity index (χ4n) is 1.16. The Balaban J connectivity index is 2.70. The molecule has 76 valence electrons. The van der Waals surface area contributed by atoms with Crippen LogP contribution in [0, 0.1) is 6.92 Å². The van der Waals surface area contributed by atoms with Crippen LogP contribution in [0.25, 0.3) is 0 Å². The number of rotatable bonds is 4. The van der Waals surface area contributed by atoms with Crippen molar-refractivity contribution in [2.24, 2.45) is 0 Å². The Morgan fingerprint density at radius 2 is 2.00 bits per heavy atom. The van der Waals surface area contributed by atoms with Crippen molar-refractivity contribution in [1.29, 1.82) is 0 Å². The van der Waals surface area contributed by atoms with Gasteiger partial charge in [0.1, 0.15) is 5.78 Å². The summed E-state index contributed by atoms with van der Waals surface area (Å²) in [6.45, 7) is 3.45. The summed E-state index contributed by atoms with van der Waals surface area (Å²) in [5.41, 5.74) is 1.02. The molecule has 1 unspecified atom stereocenters. The SMILES string of the molecule is CC(=O)CCS(=O)c1ccccc1C. The summed E-state index contributed by atoms with van der Waals surface area (Å²) in [6.07, 6.45) is 0.390. The number of hydrogen-bond donors (Lipinski definition) is 0. The van der Waals surface area contributed by atoms with Gasteiger partial charge in [0.25, 0.3) is 0 Å². The first-order valence-electron chi connectivity index (χ1n) is 4.54. The lowest BCUT2D eigenvalue weighted by Crippen LogP contribution is -2.04. The predicted octanol–water partition coefficient (Wildman–Crippen LogP) is 2.08. The third-order valence-corrected chi connectivity index (χ3v) is 3.50. The highest BCUT2D eigenvalue weighted by Crippen LogP contribution is 2.12. The van der Waals surface area contributed by atoms with Crippen LogP contribution in [-0.4, -0.2) is 15.7 Å². The summed E-state index contributed by atoms with van der Waals surface area (Å²) >= 11 is 0. The van der Waals surface area contributed by atoms with E-state index in [4.69, 9.17) is 0 Å². The molecule has 0 saturated heterocycles. The summed E-state index contributed by atoms with van der Waals surface area (Å²) in [6, 6.07) is 7.57. The molecule has 0 aliphatic heterocycles. The zero-order valence-electron chi connectivity index (χ0n) is 8.45. The van der Waals surface area contributed by atoms with Gasteiger partial charge in [0.15, 0.2) is 0 Å². The zero-order chi connectivity index (χ0) is 10.6. The highest BCUT2D eigenvalue weighted by atomic mass is 32.2. The van der Waals surface area contributed by atoms with E-state index < -0.39 is 10.8 Å². The van der Waals surface area contributed by atoms with Gasteiger partial charge in [-0.05, 0) is 25.5 Å². The lowest BCUT2D eigenvalue weighted by atomic mass is 10.2. The third kappa shape index (κ3) is 3.07. The molecule has 0 aliphatic rings. The van der Waals surface area contributed by atoms with Crippen molar-refractivity contribution < 1.29 is 9.00 Å². The lowest BCUT2D eigenvalue weighted by molar-refractivity contribution is -0.116. The van der Waals surface area contributed by atoms with Crippen LogP contribution in [0.5, 0.6) is 0 Å². The normalized spacial score (nSPS) is 12.4. The average molecular weight is 210 g/mol. The maximum Gasteiger partial charge on any atom is 0.130 e. The molecule has 0 aliphatic carbocycles. The number of ketones is 1. The van der Waals surface area contributed by atoms with Crippen LogP contribution in [-0.2, 0) is 15.6 Å². The van der Waals surface area contributed by atoms with Crippen LogP contribution in [0.3, 0.4) is 0 Å². The third-order valence-electron chi connectivity index (χ3n) is 1.98. The van der Waals surface area contributed by atoms with Gasteiger partial charge < -0.3 is 0 Å². The van der Waals surface area contributed by atoms with Crippen molar-refractivity contribution in [1.82, 2.24) is 0 Å². The Labute approximate surface area is 86.8 Å². The molecule has 0 spiro atoms. The van der Waals surface area contributed by atoms with Crippen molar-refractivity contribution in [2.75, 3.05) is 5.75 Å². The monoisotopic (exact) mass is 210 g/mol. The van der Waals surface area contributed by atoms with Crippen LogP contribution in [0.4, 0.5) is 0 Å². The quantitative estimate of drug-likeness (QED) is 0.762. The minimum Gasteiger partial charge on any atom is -0.300 e. The largest absolute Gasteiger partial charge is 0.300 e. The molecule has 14 heavy (non-hydrogen) atoms. The molecule has 0 aromatic heterocycles. The van der Waals surface area contributed by atoms with Gasteiger partial charge in [0.05, 0.1) is 10.8 Å². The molecule has 1 aromatic carbocycles. The molecule has 1 aromatic rings. The molecule has 0 N–H and O–H groups in total. The van der Waals surface area contributed by atoms with Crippen LogP contribution < -0.4 is 0 Å². The summed E-state index contributed by atoms with van der Waals surface area (Å²) in [5.74, 6) is 0.520. The Hall–Kier alpha value is -0.960. The Bertz CT molecular complexity index is 358. The van der Waals surface area contributed by atoms with Crippen LogP contribution >= 0.6 is 0 Å². The molecule has 0 amide bonds. The number of Topliss-reactive ketones (excluding diaryl/α,β-unsaturated/α-hetero) is 1. The Morgan fingerprint density at radius 3 is 2.57 bits per heavy atom. The van der Waals surface area contributed by atoms with E-state index in [2.05, 4.69) is 0 Å². The maximum atomic E-state index is 11.7. The molecular formula is C11H14O2S. The zero-order valence-corrected chi connectivity index (χ0v) is 9.26. The first-order chi connectivity index (χ1) is 6.61. The van der Waals surface area contributed by atoms with Gasteiger partial charge in [0.2, 0.25) is 0 Å². The molecule has 0 saturated carbocycles. The number of benzene rings is 1. The van der Waals surface area contributed by atoms with Crippen LogP contribution in [0.15, 0.2) is 29.2 Å². The second-order valence-electron chi connectivity index (χ2n) is 3.27. The molecule has 1 rings (SSSR count). The van der Waals surface area contributed by atoms with E-state index in [-0.39, 0.29) is 5.78 Å². The minimum atomic E-state index is -1.04. The maximum absolute atomic E-state index is 11.7. The molecular weight excluding hydrogens is 196 g/mol. The van der Waals surface area contributed by atoms with Gasteiger partial charge in [-0.2, -0.15) is 0 Å². The van der Waals surface area contributed by atoms with E-state index >= 15 is 0 Å². The summed E-state index contributed by atoms with van der Waals surface area (Å²) < 4.78 is 11.7. The number of aryl methyl sites for hydroxylation is 1. The highest BCUT2D eigenvalue weighted by Gasteiger charge is 2.06. The molecule has 0 heterocycles. The molecule has 3 heteroatoms. The van der Waals surface area contributed by atoms with Crippen molar-refractivity contribution in [3.05, 3.63) is 29.8 Å². The van der Waals surface area contributed by atoms with Crippen molar-refractivity contribution in [3.63, 3.8) is 0 Å². The second kappa shape index (κ2) is 5.05. The van der Waals surface area contributed by atoms with E-state index in [1.807, 2.05) is 31.2 Å². The Morgan fingerprint density at radius 1 is 1.36 bits per heavy atom. The summed E-state index contributed by atoms with van der Waals surface area (Å²) in [7, 11) is -1.04. The first kappa shape index (κ1) is 11.1. The predicted molar refractivity (Wildman–Crippen MR) is 57.8 cm³/mol. The molecule has 0 bridgehead atoms. The van der Waals surface area contributed by atoms with Gasteiger partial charge in [-0.3, -0.25) is 9.00 Å². The van der Waals surface area contributed by atoms with Gasteiger partial charge in [0, 0.05) is 17.1 Å².